The molecular formula is C14H19NO4S. The zero-order valence-corrected chi connectivity index (χ0v) is 12.1. The Labute approximate surface area is 119 Å². The summed E-state index contributed by atoms with van der Waals surface area (Å²) < 4.78 is 25.9. The number of sulfonamides is 1. The summed E-state index contributed by atoms with van der Waals surface area (Å²) in [7, 11) is -3.38. The van der Waals surface area contributed by atoms with Crippen LogP contribution < -0.4 is 0 Å². The molecule has 0 spiro atoms. The first-order valence-corrected chi connectivity index (χ1v) is 8.34. The van der Waals surface area contributed by atoms with Gasteiger partial charge in [0.05, 0.1) is 11.7 Å². The average Bonchev–Trinajstić information content (AvgIpc) is 2.46. The molecule has 0 saturated carbocycles. The molecule has 0 unspecified atom stereocenters. The lowest BCUT2D eigenvalue weighted by Gasteiger charge is -2.29. The normalized spacial score (nSPS) is 20.7. The third-order valence-electron chi connectivity index (χ3n) is 3.62. The molecule has 2 rings (SSSR count). The molecule has 1 atom stereocenters. The lowest BCUT2D eigenvalue weighted by molar-refractivity contribution is -0.142. The minimum absolute atomic E-state index is 0.0311. The summed E-state index contributed by atoms with van der Waals surface area (Å²) >= 11 is 0. The molecule has 0 aliphatic carbocycles. The maximum Gasteiger partial charge on any atom is 0.307 e. The predicted molar refractivity (Wildman–Crippen MR) is 75.9 cm³/mol. The molecule has 6 heteroatoms. The van der Waals surface area contributed by atoms with E-state index in [0.29, 0.717) is 25.8 Å². The molecule has 0 radical (unpaired) electrons. The van der Waals surface area contributed by atoms with Crippen molar-refractivity contribution < 1.29 is 18.3 Å². The summed E-state index contributed by atoms with van der Waals surface area (Å²) in [6.07, 6.45) is 1.62. The van der Waals surface area contributed by atoms with Crippen LogP contribution in [0, 0.1) is 5.92 Å². The largest absolute Gasteiger partial charge is 0.481 e. The van der Waals surface area contributed by atoms with Crippen molar-refractivity contribution in [3.63, 3.8) is 0 Å². The second-order valence-electron chi connectivity index (χ2n) is 5.09. The van der Waals surface area contributed by atoms with Crippen LogP contribution in [0.2, 0.25) is 0 Å². The number of carboxylic acids is 1. The Bertz CT molecular complexity index is 556. The zero-order chi connectivity index (χ0) is 14.6. The molecule has 1 aromatic carbocycles. The van der Waals surface area contributed by atoms with Crippen LogP contribution in [0.1, 0.15) is 18.4 Å². The summed E-state index contributed by atoms with van der Waals surface area (Å²) in [6, 6.07) is 9.43. The number of benzene rings is 1. The van der Waals surface area contributed by atoms with E-state index in [1.165, 1.54) is 4.31 Å². The Morgan fingerprint density at radius 1 is 1.30 bits per heavy atom. The van der Waals surface area contributed by atoms with E-state index >= 15 is 0 Å². The topological polar surface area (TPSA) is 74.7 Å². The number of nitrogens with zero attached hydrogens (tertiary/aromatic N) is 1. The molecule has 1 N–H and O–H groups in total. The highest BCUT2D eigenvalue weighted by atomic mass is 32.2. The number of carbonyl (C=O) groups is 1. The van der Waals surface area contributed by atoms with E-state index in [4.69, 9.17) is 5.11 Å². The summed E-state index contributed by atoms with van der Waals surface area (Å²) in [5.41, 5.74) is 0.975. The van der Waals surface area contributed by atoms with Crippen LogP contribution in [-0.4, -0.2) is 42.6 Å². The van der Waals surface area contributed by atoms with Gasteiger partial charge in [0.2, 0.25) is 10.0 Å². The lowest BCUT2D eigenvalue weighted by atomic mass is 10.0. The maximum absolute atomic E-state index is 12.3. The number of hydrogen-bond acceptors (Lipinski definition) is 3. The van der Waals surface area contributed by atoms with E-state index in [-0.39, 0.29) is 12.3 Å². The van der Waals surface area contributed by atoms with Gasteiger partial charge in [-0.25, -0.2) is 12.7 Å². The molecule has 0 bridgehead atoms. The third kappa shape index (κ3) is 3.80. The smallest absolute Gasteiger partial charge is 0.307 e. The molecule has 1 fully saturated rings. The number of aryl methyl sites for hydroxylation is 1. The molecule has 1 aromatic rings. The van der Waals surface area contributed by atoms with E-state index in [9.17, 15) is 13.2 Å². The van der Waals surface area contributed by atoms with Gasteiger partial charge in [0, 0.05) is 13.1 Å². The van der Waals surface area contributed by atoms with Crippen LogP contribution in [0.15, 0.2) is 30.3 Å². The minimum atomic E-state index is -3.38. The van der Waals surface area contributed by atoms with Crippen molar-refractivity contribution in [2.24, 2.45) is 5.92 Å². The fraction of sp³-hybridized carbons (Fsp3) is 0.500. The first kappa shape index (κ1) is 15.0. The fourth-order valence-corrected chi connectivity index (χ4v) is 3.98. The first-order chi connectivity index (χ1) is 9.49. The highest BCUT2D eigenvalue weighted by molar-refractivity contribution is 7.89. The summed E-state index contributed by atoms with van der Waals surface area (Å²) in [5.74, 6) is -1.45. The molecular weight excluding hydrogens is 278 g/mol. The molecule has 110 valence electrons. The third-order valence-corrected chi connectivity index (χ3v) is 5.46. The van der Waals surface area contributed by atoms with E-state index < -0.39 is 21.9 Å². The first-order valence-electron chi connectivity index (χ1n) is 6.73. The van der Waals surface area contributed by atoms with Crippen molar-refractivity contribution in [3.8, 4) is 0 Å². The van der Waals surface area contributed by atoms with Crippen molar-refractivity contribution >= 4 is 16.0 Å². The Kier molecular flexibility index (Phi) is 4.77. The van der Waals surface area contributed by atoms with Gasteiger partial charge in [0.15, 0.2) is 0 Å². The zero-order valence-electron chi connectivity index (χ0n) is 11.2. The number of piperidine rings is 1. The molecule has 1 heterocycles. The standard InChI is InChI=1S/C14H19NO4S/c16-14(17)13-7-4-9-15(11-13)20(18,19)10-8-12-5-2-1-3-6-12/h1-3,5-6,13H,4,7-11H2,(H,16,17)/t13-/m0/s1. The number of aliphatic carboxylic acids is 1. The van der Waals surface area contributed by atoms with Gasteiger partial charge in [-0.2, -0.15) is 0 Å². The van der Waals surface area contributed by atoms with E-state index in [2.05, 4.69) is 0 Å². The molecule has 20 heavy (non-hydrogen) atoms. The van der Waals surface area contributed by atoms with Crippen molar-refractivity contribution in [3.05, 3.63) is 35.9 Å². The Balaban J connectivity index is 1.97. The van der Waals surface area contributed by atoms with Gasteiger partial charge in [-0.15, -0.1) is 0 Å². The fourth-order valence-electron chi connectivity index (χ4n) is 2.42. The lowest BCUT2D eigenvalue weighted by Crippen LogP contribution is -2.43. The quantitative estimate of drug-likeness (QED) is 0.890. The van der Waals surface area contributed by atoms with Crippen LogP contribution in [0.25, 0.3) is 0 Å². The van der Waals surface area contributed by atoms with Gasteiger partial charge in [0.25, 0.3) is 0 Å². The van der Waals surface area contributed by atoms with E-state index in [1.807, 2.05) is 30.3 Å². The monoisotopic (exact) mass is 297 g/mol. The second kappa shape index (κ2) is 6.37. The number of hydrogen-bond donors (Lipinski definition) is 1. The van der Waals surface area contributed by atoms with Crippen molar-refractivity contribution in [2.45, 2.75) is 19.3 Å². The maximum atomic E-state index is 12.3. The summed E-state index contributed by atoms with van der Waals surface area (Å²) in [6.45, 7) is 0.535. The van der Waals surface area contributed by atoms with Gasteiger partial charge < -0.3 is 5.11 Å². The number of rotatable bonds is 5. The Morgan fingerprint density at radius 2 is 2.00 bits per heavy atom. The second-order valence-corrected chi connectivity index (χ2v) is 7.18. The van der Waals surface area contributed by atoms with Crippen LogP contribution >= 0.6 is 0 Å². The van der Waals surface area contributed by atoms with Crippen LogP contribution in [0.5, 0.6) is 0 Å². The molecule has 1 aliphatic rings. The molecule has 1 aliphatic heterocycles. The van der Waals surface area contributed by atoms with Gasteiger partial charge >= 0.3 is 5.97 Å². The minimum Gasteiger partial charge on any atom is -0.481 e. The van der Waals surface area contributed by atoms with Crippen LogP contribution in [0.4, 0.5) is 0 Å². The highest BCUT2D eigenvalue weighted by Crippen LogP contribution is 2.20. The molecule has 1 saturated heterocycles. The van der Waals surface area contributed by atoms with Crippen molar-refractivity contribution in [2.75, 3.05) is 18.8 Å². The van der Waals surface area contributed by atoms with Crippen molar-refractivity contribution in [1.82, 2.24) is 4.31 Å². The summed E-state index contributed by atoms with van der Waals surface area (Å²) in [4.78, 5) is 11.0. The molecule has 5 nitrogen and oxygen atoms in total. The van der Waals surface area contributed by atoms with E-state index in [1.54, 1.807) is 0 Å². The average molecular weight is 297 g/mol. The Morgan fingerprint density at radius 3 is 2.65 bits per heavy atom. The summed E-state index contributed by atoms with van der Waals surface area (Å²) in [5, 5.41) is 9.01. The molecule has 0 aromatic heterocycles. The highest BCUT2D eigenvalue weighted by Gasteiger charge is 2.31. The van der Waals surface area contributed by atoms with Gasteiger partial charge in [-0.3, -0.25) is 4.79 Å². The van der Waals surface area contributed by atoms with Gasteiger partial charge in [-0.05, 0) is 24.8 Å². The number of carboxylic acid groups (broad SMARTS) is 1. The predicted octanol–water partition coefficient (Wildman–Crippen LogP) is 1.36. The van der Waals surface area contributed by atoms with Crippen LogP contribution in [0.3, 0.4) is 0 Å². The van der Waals surface area contributed by atoms with Gasteiger partial charge in [-0.1, -0.05) is 30.3 Å². The Hall–Kier alpha value is -1.40. The van der Waals surface area contributed by atoms with Crippen molar-refractivity contribution in [1.29, 1.82) is 0 Å². The van der Waals surface area contributed by atoms with E-state index in [0.717, 1.165) is 5.56 Å². The molecule has 0 amide bonds. The van der Waals surface area contributed by atoms with Crippen LogP contribution in [-0.2, 0) is 21.2 Å². The van der Waals surface area contributed by atoms with Gasteiger partial charge in [0.1, 0.15) is 0 Å². The SMILES string of the molecule is O=C(O)[C@H]1CCCN(S(=O)(=O)CCc2ccccc2)C1.